The molecule has 4 nitrogen and oxygen atoms in total. The van der Waals surface area contributed by atoms with Crippen molar-refractivity contribution in [2.75, 3.05) is 32.7 Å². The molecule has 0 aromatic rings. The largest absolute Gasteiger partial charge is 0.353 e. The highest BCUT2D eigenvalue weighted by Gasteiger charge is 2.35. The van der Waals surface area contributed by atoms with E-state index < -0.39 is 0 Å². The van der Waals surface area contributed by atoms with Crippen LogP contribution in [0.15, 0.2) is 0 Å². The Morgan fingerprint density at radius 2 is 2.17 bits per heavy atom. The van der Waals surface area contributed by atoms with Crippen LogP contribution >= 0.6 is 0 Å². The summed E-state index contributed by atoms with van der Waals surface area (Å²) in [6.45, 7) is 9.54. The molecule has 2 aliphatic heterocycles. The Kier molecular flexibility index (Phi) is 4.62. The van der Waals surface area contributed by atoms with Crippen LogP contribution in [-0.4, -0.2) is 49.6 Å². The molecule has 0 aromatic heterocycles. The van der Waals surface area contributed by atoms with Crippen molar-refractivity contribution in [2.24, 2.45) is 5.41 Å². The monoisotopic (exact) mass is 253 g/mol. The first-order chi connectivity index (χ1) is 8.64. The maximum absolute atomic E-state index is 12.4. The van der Waals surface area contributed by atoms with Crippen LogP contribution in [0, 0.1) is 5.41 Å². The Labute approximate surface area is 110 Å². The molecule has 0 saturated carbocycles. The lowest BCUT2D eigenvalue weighted by Crippen LogP contribution is -2.53. The van der Waals surface area contributed by atoms with Gasteiger partial charge in [-0.05, 0) is 45.7 Å². The average Bonchev–Trinajstić information content (AvgIpc) is 2.40. The van der Waals surface area contributed by atoms with E-state index in [9.17, 15) is 4.79 Å². The van der Waals surface area contributed by atoms with Crippen LogP contribution in [0.5, 0.6) is 0 Å². The van der Waals surface area contributed by atoms with E-state index in [1.54, 1.807) is 0 Å². The minimum absolute atomic E-state index is 0.194. The molecule has 0 bridgehead atoms. The van der Waals surface area contributed by atoms with Gasteiger partial charge in [-0.1, -0.05) is 6.92 Å². The van der Waals surface area contributed by atoms with Crippen molar-refractivity contribution >= 4 is 5.91 Å². The summed E-state index contributed by atoms with van der Waals surface area (Å²) >= 11 is 0. The third kappa shape index (κ3) is 3.23. The lowest BCUT2D eigenvalue weighted by atomic mass is 9.81. The molecule has 104 valence electrons. The zero-order chi connectivity index (χ0) is 13.0. The summed E-state index contributed by atoms with van der Waals surface area (Å²) < 4.78 is 0. The van der Waals surface area contributed by atoms with Gasteiger partial charge in [-0.2, -0.15) is 0 Å². The van der Waals surface area contributed by atoms with Gasteiger partial charge in [0.25, 0.3) is 0 Å². The predicted octanol–water partition coefficient (Wildman–Crippen LogP) is 0.977. The normalized spacial score (nSPS) is 31.2. The number of nitrogens with zero attached hydrogens (tertiary/aromatic N) is 1. The Morgan fingerprint density at radius 1 is 1.44 bits per heavy atom. The SMILES string of the molecule is CCN1CCC(NC(=O)C2(C)CCCNC2)CC1. The Balaban J connectivity index is 1.80. The van der Waals surface area contributed by atoms with E-state index in [1.807, 2.05) is 0 Å². The molecule has 1 atom stereocenters. The summed E-state index contributed by atoms with van der Waals surface area (Å²) in [5, 5.41) is 6.61. The molecule has 0 radical (unpaired) electrons. The third-order valence-corrected chi connectivity index (χ3v) is 4.52. The smallest absolute Gasteiger partial charge is 0.227 e. The molecule has 2 rings (SSSR count). The van der Waals surface area contributed by atoms with Gasteiger partial charge < -0.3 is 15.5 Å². The number of carbonyl (C=O) groups is 1. The summed E-state index contributed by atoms with van der Waals surface area (Å²) in [6, 6.07) is 0.388. The number of piperidine rings is 2. The molecular formula is C14H27N3O. The van der Waals surface area contributed by atoms with Gasteiger partial charge in [-0.25, -0.2) is 0 Å². The van der Waals surface area contributed by atoms with Crippen molar-refractivity contribution in [3.05, 3.63) is 0 Å². The summed E-state index contributed by atoms with van der Waals surface area (Å²) in [6.07, 6.45) is 4.32. The number of hydrogen-bond donors (Lipinski definition) is 2. The first-order valence-electron chi connectivity index (χ1n) is 7.38. The van der Waals surface area contributed by atoms with E-state index in [4.69, 9.17) is 0 Å². The van der Waals surface area contributed by atoms with Crippen molar-refractivity contribution in [3.8, 4) is 0 Å². The predicted molar refractivity (Wildman–Crippen MR) is 73.5 cm³/mol. The van der Waals surface area contributed by atoms with Crippen LogP contribution in [0.1, 0.15) is 39.5 Å². The number of carbonyl (C=O) groups excluding carboxylic acids is 1. The fraction of sp³-hybridized carbons (Fsp3) is 0.929. The summed E-state index contributed by atoms with van der Waals surface area (Å²) in [5.41, 5.74) is -0.194. The highest BCUT2D eigenvalue weighted by Crippen LogP contribution is 2.26. The Hall–Kier alpha value is -0.610. The summed E-state index contributed by atoms with van der Waals surface area (Å²) in [4.78, 5) is 14.8. The van der Waals surface area contributed by atoms with Gasteiger partial charge in [0.15, 0.2) is 0 Å². The summed E-state index contributed by atoms with van der Waals surface area (Å²) in [5.74, 6) is 0.254. The van der Waals surface area contributed by atoms with Crippen LogP contribution in [0.3, 0.4) is 0 Å². The second kappa shape index (κ2) is 6.02. The van der Waals surface area contributed by atoms with Gasteiger partial charge in [0.05, 0.1) is 5.41 Å². The lowest BCUT2D eigenvalue weighted by molar-refractivity contribution is -0.132. The maximum Gasteiger partial charge on any atom is 0.227 e. The van der Waals surface area contributed by atoms with Crippen LogP contribution in [-0.2, 0) is 4.79 Å². The first-order valence-corrected chi connectivity index (χ1v) is 7.38. The third-order valence-electron chi connectivity index (χ3n) is 4.52. The van der Waals surface area contributed by atoms with Gasteiger partial charge in [-0.15, -0.1) is 0 Å². The molecule has 0 spiro atoms. The minimum atomic E-state index is -0.194. The fourth-order valence-corrected chi connectivity index (χ4v) is 3.00. The minimum Gasteiger partial charge on any atom is -0.353 e. The van der Waals surface area contributed by atoms with E-state index in [-0.39, 0.29) is 11.3 Å². The van der Waals surface area contributed by atoms with Crippen LogP contribution in [0.2, 0.25) is 0 Å². The molecular weight excluding hydrogens is 226 g/mol. The van der Waals surface area contributed by atoms with Crippen LogP contribution in [0.4, 0.5) is 0 Å². The maximum atomic E-state index is 12.4. The number of nitrogens with one attached hydrogen (secondary N) is 2. The van der Waals surface area contributed by atoms with Gasteiger partial charge in [0.2, 0.25) is 5.91 Å². The van der Waals surface area contributed by atoms with Gasteiger partial charge >= 0.3 is 0 Å². The fourth-order valence-electron chi connectivity index (χ4n) is 3.00. The summed E-state index contributed by atoms with van der Waals surface area (Å²) in [7, 11) is 0. The van der Waals surface area contributed by atoms with E-state index in [0.717, 1.165) is 58.4 Å². The van der Waals surface area contributed by atoms with Gasteiger partial charge in [-0.3, -0.25) is 4.79 Å². The molecule has 1 amide bonds. The second-order valence-corrected chi connectivity index (χ2v) is 6.02. The van der Waals surface area contributed by atoms with Crippen LogP contribution in [0.25, 0.3) is 0 Å². The molecule has 2 saturated heterocycles. The van der Waals surface area contributed by atoms with Crippen molar-refractivity contribution < 1.29 is 4.79 Å². The van der Waals surface area contributed by atoms with E-state index >= 15 is 0 Å². The highest BCUT2D eigenvalue weighted by atomic mass is 16.2. The molecule has 2 N–H and O–H groups in total. The lowest BCUT2D eigenvalue weighted by Gasteiger charge is -2.36. The van der Waals surface area contributed by atoms with E-state index in [2.05, 4.69) is 29.4 Å². The molecule has 2 heterocycles. The number of likely N-dealkylation sites (tertiary alicyclic amines) is 1. The molecule has 4 heteroatoms. The number of amides is 1. The molecule has 1 unspecified atom stereocenters. The highest BCUT2D eigenvalue weighted by molar-refractivity contribution is 5.82. The molecule has 2 fully saturated rings. The van der Waals surface area contributed by atoms with Crippen molar-refractivity contribution in [3.63, 3.8) is 0 Å². The molecule has 0 aliphatic carbocycles. The number of rotatable bonds is 3. The van der Waals surface area contributed by atoms with E-state index in [1.165, 1.54) is 0 Å². The van der Waals surface area contributed by atoms with Crippen molar-refractivity contribution in [2.45, 2.75) is 45.6 Å². The number of hydrogen-bond acceptors (Lipinski definition) is 3. The van der Waals surface area contributed by atoms with Gasteiger partial charge in [0.1, 0.15) is 0 Å². The first kappa shape index (κ1) is 13.8. The van der Waals surface area contributed by atoms with Gasteiger partial charge in [0, 0.05) is 25.7 Å². The average molecular weight is 253 g/mol. The quantitative estimate of drug-likeness (QED) is 0.788. The Morgan fingerprint density at radius 3 is 2.72 bits per heavy atom. The van der Waals surface area contributed by atoms with Crippen molar-refractivity contribution in [1.82, 2.24) is 15.5 Å². The standard InChI is InChI=1S/C14H27N3O/c1-3-17-9-5-12(6-10-17)16-13(18)14(2)7-4-8-15-11-14/h12,15H,3-11H2,1-2H3,(H,16,18). The van der Waals surface area contributed by atoms with E-state index in [0.29, 0.717) is 6.04 Å². The van der Waals surface area contributed by atoms with Crippen LogP contribution < -0.4 is 10.6 Å². The zero-order valence-corrected chi connectivity index (χ0v) is 11.8. The molecule has 0 aromatic carbocycles. The van der Waals surface area contributed by atoms with Crippen molar-refractivity contribution in [1.29, 1.82) is 0 Å². The Bertz CT molecular complexity index is 279. The molecule has 2 aliphatic rings. The second-order valence-electron chi connectivity index (χ2n) is 6.02. The zero-order valence-electron chi connectivity index (χ0n) is 11.8. The topological polar surface area (TPSA) is 44.4 Å². The molecule has 18 heavy (non-hydrogen) atoms.